The minimum atomic E-state index is -0.473. The summed E-state index contributed by atoms with van der Waals surface area (Å²) in [5, 5.41) is 8.18. The van der Waals surface area contributed by atoms with Crippen LogP contribution < -0.4 is 5.32 Å². The van der Waals surface area contributed by atoms with E-state index in [1.165, 1.54) is 0 Å². The molecular formula is C22H28N6O2. The fourth-order valence-electron chi connectivity index (χ4n) is 3.66. The van der Waals surface area contributed by atoms with Crippen LogP contribution in [0, 0.1) is 6.92 Å². The average Bonchev–Trinajstić information content (AvgIpc) is 3.12. The van der Waals surface area contributed by atoms with E-state index in [9.17, 15) is 4.79 Å². The summed E-state index contributed by atoms with van der Waals surface area (Å²) >= 11 is 0. The molecule has 1 fully saturated rings. The van der Waals surface area contributed by atoms with E-state index in [0.29, 0.717) is 13.1 Å². The van der Waals surface area contributed by atoms with Gasteiger partial charge < -0.3 is 15.0 Å². The first-order chi connectivity index (χ1) is 14.3. The standard InChI is InChI=1S/C22H28N6O2/c1-15-13-19(26-17-7-11-27(12-8-17)21(29)30-22(2,3)4)28-20(25-15)18(14-24-28)16-5-9-23-10-6-16/h5-6,9-10,13-14,17,26H,7-8,11-12H2,1-4H3. The summed E-state index contributed by atoms with van der Waals surface area (Å²) in [6, 6.07) is 6.18. The van der Waals surface area contributed by atoms with Crippen molar-refractivity contribution in [1.82, 2.24) is 24.5 Å². The number of rotatable bonds is 3. The Morgan fingerprint density at radius 2 is 1.90 bits per heavy atom. The first-order valence-corrected chi connectivity index (χ1v) is 10.3. The van der Waals surface area contributed by atoms with E-state index in [1.807, 2.05) is 56.6 Å². The van der Waals surface area contributed by atoms with Gasteiger partial charge in [0.15, 0.2) is 5.65 Å². The second-order valence-corrected chi connectivity index (χ2v) is 8.70. The zero-order valence-corrected chi connectivity index (χ0v) is 17.9. The molecule has 1 aliphatic heterocycles. The fourth-order valence-corrected chi connectivity index (χ4v) is 3.66. The van der Waals surface area contributed by atoms with Crippen molar-refractivity contribution < 1.29 is 9.53 Å². The normalized spacial score (nSPS) is 15.4. The van der Waals surface area contributed by atoms with Gasteiger partial charge in [-0.1, -0.05) is 0 Å². The Hall–Kier alpha value is -3.16. The highest BCUT2D eigenvalue weighted by atomic mass is 16.6. The smallest absolute Gasteiger partial charge is 0.410 e. The molecule has 4 rings (SSSR count). The van der Waals surface area contributed by atoms with Crippen LogP contribution >= 0.6 is 0 Å². The molecule has 3 aromatic rings. The Balaban J connectivity index is 1.49. The molecule has 158 valence electrons. The van der Waals surface area contributed by atoms with Crippen molar-refractivity contribution in [3.05, 3.63) is 42.5 Å². The van der Waals surface area contributed by atoms with Gasteiger partial charge >= 0.3 is 6.09 Å². The molecule has 0 saturated carbocycles. The molecule has 1 aliphatic rings. The van der Waals surface area contributed by atoms with E-state index in [2.05, 4.69) is 15.4 Å². The van der Waals surface area contributed by atoms with Crippen molar-refractivity contribution >= 4 is 17.6 Å². The molecule has 1 amide bonds. The molecule has 1 saturated heterocycles. The predicted molar refractivity (Wildman–Crippen MR) is 115 cm³/mol. The molecule has 0 aromatic carbocycles. The number of piperidine rings is 1. The third kappa shape index (κ3) is 4.37. The Bertz CT molecular complexity index is 1030. The number of hydrogen-bond acceptors (Lipinski definition) is 6. The Labute approximate surface area is 176 Å². The molecular weight excluding hydrogens is 380 g/mol. The molecule has 0 spiro atoms. The van der Waals surface area contributed by atoms with E-state index >= 15 is 0 Å². The number of carbonyl (C=O) groups is 1. The summed E-state index contributed by atoms with van der Waals surface area (Å²) in [5.74, 6) is 0.911. The van der Waals surface area contributed by atoms with Crippen LogP contribution in [0.2, 0.25) is 0 Å². The second-order valence-electron chi connectivity index (χ2n) is 8.70. The van der Waals surface area contributed by atoms with Gasteiger partial charge in [0, 0.05) is 48.8 Å². The van der Waals surface area contributed by atoms with Crippen molar-refractivity contribution in [3.8, 4) is 11.1 Å². The van der Waals surface area contributed by atoms with Crippen molar-refractivity contribution in [3.63, 3.8) is 0 Å². The Kier molecular flexibility index (Phi) is 5.32. The topological polar surface area (TPSA) is 84.7 Å². The van der Waals surface area contributed by atoms with E-state index in [1.54, 1.807) is 17.3 Å². The molecule has 0 bridgehead atoms. The number of likely N-dealkylation sites (tertiary alicyclic amines) is 1. The molecule has 3 aromatic heterocycles. The molecule has 0 radical (unpaired) electrons. The number of fused-ring (bicyclic) bond motifs is 1. The number of hydrogen-bond donors (Lipinski definition) is 1. The van der Waals surface area contributed by atoms with Crippen LogP contribution in [0.3, 0.4) is 0 Å². The molecule has 0 aliphatic carbocycles. The lowest BCUT2D eigenvalue weighted by Crippen LogP contribution is -2.44. The molecule has 8 heteroatoms. The second kappa shape index (κ2) is 7.93. The maximum atomic E-state index is 12.3. The van der Waals surface area contributed by atoms with Gasteiger partial charge in [0.1, 0.15) is 11.4 Å². The lowest BCUT2D eigenvalue weighted by atomic mass is 10.1. The van der Waals surface area contributed by atoms with Gasteiger partial charge in [0.05, 0.1) is 6.20 Å². The fraction of sp³-hybridized carbons (Fsp3) is 0.455. The van der Waals surface area contributed by atoms with Crippen LogP contribution in [0.5, 0.6) is 0 Å². The van der Waals surface area contributed by atoms with Gasteiger partial charge in [0.2, 0.25) is 0 Å². The number of anilines is 1. The number of aryl methyl sites for hydroxylation is 1. The molecule has 0 atom stereocenters. The van der Waals surface area contributed by atoms with Crippen LogP contribution in [0.1, 0.15) is 39.3 Å². The number of nitrogens with one attached hydrogen (secondary N) is 1. The summed E-state index contributed by atoms with van der Waals surface area (Å²) in [4.78, 5) is 22.9. The Morgan fingerprint density at radius 3 is 2.57 bits per heavy atom. The van der Waals surface area contributed by atoms with Crippen molar-refractivity contribution in [2.24, 2.45) is 0 Å². The lowest BCUT2D eigenvalue weighted by molar-refractivity contribution is 0.0210. The number of ether oxygens (including phenoxy) is 1. The number of carbonyl (C=O) groups excluding carboxylic acids is 1. The minimum absolute atomic E-state index is 0.239. The van der Waals surface area contributed by atoms with Gasteiger partial charge in [-0.05, 0) is 58.2 Å². The largest absolute Gasteiger partial charge is 0.444 e. The lowest BCUT2D eigenvalue weighted by Gasteiger charge is -2.34. The highest BCUT2D eigenvalue weighted by molar-refractivity contribution is 5.78. The highest BCUT2D eigenvalue weighted by Crippen LogP contribution is 2.26. The molecule has 1 N–H and O–H groups in total. The van der Waals surface area contributed by atoms with Gasteiger partial charge in [0.25, 0.3) is 0 Å². The molecule has 0 unspecified atom stereocenters. The summed E-state index contributed by atoms with van der Waals surface area (Å²) < 4.78 is 7.34. The maximum Gasteiger partial charge on any atom is 0.410 e. The van der Waals surface area contributed by atoms with E-state index in [-0.39, 0.29) is 12.1 Å². The predicted octanol–water partition coefficient (Wildman–Crippen LogP) is 3.91. The zero-order chi connectivity index (χ0) is 21.3. The van der Waals surface area contributed by atoms with Crippen molar-refractivity contribution in [2.45, 2.75) is 52.2 Å². The van der Waals surface area contributed by atoms with Gasteiger partial charge in [-0.25, -0.2) is 9.78 Å². The Morgan fingerprint density at radius 1 is 1.20 bits per heavy atom. The highest BCUT2D eigenvalue weighted by Gasteiger charge is 2.27. The van der Waals surface area contributed by atoms with Crippen molar-refractivity contribution in [2.75, 3.05) is 18.4 Å². The summed E-state index contributed by atoms with van der Waals surface area (Å²) in [6.45, 7) is 8.99. The van der Waals surface area contributed by atoms with E-state index in [4.69, 9.17) is 9.72 Å². The SMILES string of the molecule is Cc1cc(NC2CCN(C(=O)OC(C)(C)C)CC2)n2ncc(-c3ccncc3)c2n1. The molecule has 30 heavy (non-hydrogen) atoms. The monoisotopic (exact) mass is 408 g/mol. The first kappa shape index (κ1) is 20.1. The molecule has 8 nitrogen and oxygen atoms in total. The average molecular weight is 409 g/mol. The number of aromatic nitrogens is 4. The maximum absolute atomic E-state index is 12.3. The van der Waals surface area contributed by atoms with Gasteiger partial charge in [-0.2, -0.15) is 9.61 Å². The first-order valence-electron chi connectivity index (χ1n) is 10.3. The quantitative estimate of drug-likeness (QED) is 0.707. The van der Waals surface area contributed by atoms with Crippen LogP contribution in [0.25, 0.3) is 16.8 Å². The number of nitrogens with zero attached hydrogens (tertiary/aromatic N) is 5. The van der Waals surface area contributed by atoms with Gasteiger partial charge in [-0.3, -0.25) is 4.98 Å². The third-order valence-electron chi connectivity index (χ3n) is 5.09. The zero-order valence-electron chi connectivity index (χ0n) is 17.9. The summed E-state index contributed by atoms with van der Waals surface area (Å²) in [5.41, 5.74) is 3.28. The number of pyridine rings is 1. The summed E-state index contributed by atoms with van der Waals surface area (Å²) in [6.07, 6.45) is 6.84. The van der Waals surface area contributed by atoms with E-state index in [0.717, 1.165) is 41.1 Å². The van der Waals surface area contributed by atoms with Crippen LogP contribution in [-0.4, -0.2) is 55.3 Å². The summed E-state index contributed by atoms with van der Waals surface area (Å²) in [7, 11) is 0. The number of amides is 1. The van der Waals surface area contributed by atoms with Crippen molar-refractivity contribution in [1.29, 1.82) is 0 Å². The molecule has 4 heterocycles. The van der Waals surface area contributed by atoms with E-state index < -0.39 is 5.60 Å². The van der Waals surface area contributed by atoms with Crippen LogP contribution in [0.4, 0.5) is 10.6 Å². The van der Waals surface area contributed by atoms with Crippen LogP contribution in [-0.2, 0) is 4.74 Å². The third-order valence-corrected chi connectivity index (χ3v) is 5.09. The van der Waals surface area contributed by atoms with Crippen LogP contribution in [0.15, 0.2) is 36.8 Å². The minimum Gasteiger partial charge on any atom is -0.444 e. The van der Waals surface area contributed by atoms with Gasteiger partial charge in [-0.15, -0.1) is 0 Å².